The first-order valence-corrected chi connectivity index (χ1v) is 5.34. The lowest BCUT2D eigenvalue weighted by molar-refractivity contribution is -0.121. The minimum atomic E-state index is 0.228. The van der Waals surface area contributed by atoms with Crippen LogP contribution >= 0.6 is 0 Å². The van der Waals surface area contributed by atoms with E-state index in [2.05, 4.69) is 10.6 Å². The van der Waals surface area contributed by atoms with Gasteiger partial charge in [-0.25, -0.2) is 0 Å². The van der Waals surface area contributed by atoms with Crippen LogP contribution in [0.25, 0.3) is 0 Å². The molecule has 2 aliphatic rings. The summed E-state index contributed by atoms with van der Waals surface area (Å²) in [7, 11) is 0. The van der Waals surface area contributed by atoms with Gasteiger partial charge in [0, 0.05) is 19.0 Å². The molecule has 1 saturated heterocycles. The Morgan fingerprint density at radius 1 is 1.38 bits per heavy atom. The maximum atomic E-state index is 11.4. The number of hydrogen-bond donors (Lipinski definition) is 2. The fourth-order valence-corrected chi connectivity index (χ4v) is 1.81. The second-order valence-corrected chi connectivity index (χ2v) is 4.24. The van der Waals surface area contributed by atoms with Gasteiger partial charge in [-0.05, 0) is 38.1 Å². The molecule has 3 nitrogen and oxygen atoms in total. The topological polar surface area (TPSA) is 41.1 Å². The van der Waals surface area contributed by atoms with E-state index in [1.165, 1.54) is 19.3 Å². The number of amides is 1. The highest BCUT2D eigenvalue weighted by molar-refractivity contribution is 5.76. The van der Waals surface area contributed by atoms with Crippen molar-refractivity contribution in [3.63, 3.8) is 0 Å². The smallest absolute Gasteiger partial charge is 0.221 e. The van der Waals surface area contributed by atoms with Gasteiger partial charge in [-0.2, -0.15) is 0 Å². The minimum Gasteiger partial charge on any atom is -0.356 e. The minimum absolute atomic E-state index is 0.228. The lowest BCUT2D eigenvalue weighted by Gasteiger charge is -2.09. The average molecular weight is 182 g/mol. The van der Waals surface area contributed by atoms with Gasteiger partial charge in [0.15, 0.2) is 0 Å². The van der Waals surface area contributed by atoms with Gasteiger partial charge in [-0.3, -0.25) is 4.79 Å². The molecule has 0 bridgehead atoms. The van der Waals surface area contributed by atoms with Gasteiger partial charge in [0.2, 0.25) is 5.91 Å². The number of carbonyl (C=O) groups excluding carboxylic acids is 1. The Hall–Kier alpha value is -0.570. The van der Waals surface area contributed by atoms with Gasteiger partial charge in [0.05, 0.1) is 0 Å². The third kappa shape index (κ3) is 2.99. The average Bonchev–Trinajstić information content (AvgIpc) is 2.82. The quantitative estimate of drug-likeness (QED) is 0.670. The highest BCUT2D eigenvalue weighted by Gasteiger charge is 2.23. The largest absolute Gasteiger partial charge is 0.356 e. The molecule has 2 fully saturated rings. The zero-order chi connectivity index (χ0) is 9.10. The summed E-state index contributed by atoms with van der Waals surface area (Å²) < 4.78 is 0. The van der Waals surface area contributed by atoms with E-state index in [-0.39, 0.29) is 5.91 Å². The molecule has 74 valence electrons. The Labute approximate surface area is 79.3 Å². The lowest BCUT2D eigenvalue weighted by atomic mass is 10.1. The van der Waals surface area contributed by atoms with Crippen molar-refractivity contribution in [1.82, 2.24) is 10.6 Å². The van der Waals surface area contributed by atoms with Crippen molar-refractivity contribution in [1.29, 1.82) is 0 Å². The monoisotopic (exact) mass is 182 g/mol. The van der Waals surface area contributed by atoms with Crippen LogP contribution in [0.3, 0.4) is 0 Å². The standard InChI is InChI=1S/C10H18N2O/c13-10(12-7-8-3-4-8)6-9-2-1-5-11-9/h8-9,11H,1-7H2,(H,12,13). The van der Waals surface area contributed by atoms with Crippen molar-refractivity contribution >= 4 is 5.91 Å². The Bertz CT molecular complexity index is 183. The molecule has 1 amide bonds. The van der Waals surface area contributed by atoms with Crippen LogP contribution in [0.2, 0.25) is 0 Å². The van der Waals surface area contributed by atoms with Gasteiger partial charge < -0.3 is 10.6 Å². The number of carbonyl (C=O) groups is 1. The highest BCUT2D eigenvalue weighted by atomic mass is 16.1. The van der Waals surface area contributed by atoms with Gasteiger partial charge in [-0.1, -0.05) is 0 Å². The number of nitrogens with one attached hydrogen (secondary N) is 2. The zero-order valence-corrected chi connectivity index (χ0v) is 8.01. The maximum absolute atomic E-state index is 11.4. The molecule has 1 aliphatic carbocycles. The molecule has 1 saturated carbocycles. The summed E-state index contributed by atoms with van der Waals surface area (Å²) in [4.78, 5) is 11.4. The van der Waals surface area contributed by atoms with E-state index in [0.29, 0.717) is 12.5 Å². The molecule has 0 aromatic heterocycles. The van der Waals surface area contributed by atoms with E-state index in [4.69, 9.17) is 0 Å². The third-order valence-electron chi connectivity index (χ3n) is 2.88. The van der Waals surface area contributed by atoms with Gasteiger partial charge in [0.1, 0.15) is 0 Å². The van der Waals surface area contributed by atoms with Crippen LogP contribution in [-0.4, -0.2) is 25.0 Å². The maximum Gasteiger partial charge on any atom is 0.221 e. The molecule has 0 aromatic rings. The summed E-state index contributed by atoms with van der Waals surface area (Å²) in [6.45, 7) is 1.99. The van der Waals surface area contributed by atoms with Crippen molar-refractivity contribution in [3.05, 3.63) is 0 Å². The normalized spacial score (nSPS) is 27.5. The Morgan fingerprint density at radius 2 is 2.23 bits per heavy atom. The van der Waals surface area contributed by atoms with Crippen LogP contribution < -0.4 is 10.6 Å². The molecule has 2 rings (SSSR count). The first-order valence-electron chi connectivity index (χ1n) is 5.34. The molecule has 2 N–H and O–H groups in total. The summed E-state index contributed by atoms with van der Waals surface area (Å²) in [5.74, 6) is 1.02. The van der Waals surface area contributed by atoms with E-state index >= 15 is 0 Å². The van der Waals surface area contributed by atoms with Crippen molar-refractivity contribution in [2.45, 2.75) is 38.1 Å². The molecule has 0 radical (unpaired) electrons. The van der Waals surface area contributed by atoms with Crippen molar-refractivity contribution in [2.75, 3.05) is 13.1 Å². The molecular formula is C10H18N2O. The zero-order valence-electron chi connectivity index (χ0n) is 8.01. The lowest BCUT2D eigenvalue weighted by Crippen LogP contribution is -2.32. The molecular weight excluding hydrogens is 164 g/mol. The summed E-state index contributed by atoms with van der Waals surface area (Å²) in [6.07, 6.45) is 5.67. The summed E-state index contributed by atoms with van der Waals surface area (Å²) in [5.41, 5.74) is 0. The predicted molar refractivity (Wildman–Crippen MR) is 51.4 cm³/mol. The Kier molecular flexibility index (Phi) is 2.83. The second-order valence-electron chi connectivity index (χ2n) is 4.24. The van der Waals surface area contributed by atoms with E-state index < -0.39 is 0 Å². The van der Waals surface area contributed by atoms with Crippen LogP contribution in [0.1, 0.15) is 32.1 Å². The van der Waals surface area contributed by atoms with Gasteiger partial charge >= 0.3 is 0 Å². The predicted octanol–water partition coefficient (Wildman–Crippen LogP) is 0.655. The van der Waals surface area contributed by atoms with Gasteiger partial charge in [0.25, 0.3) is 0 Å². The SMILES string of the molecule is O=C(CC1CCCN1)NCC1CC1. The number of hydrogen-bond acceptors (Lipinski definition) is 2. The fraction of sp³-hybridized carbons (Fsp3) is 0.900. The van der Waals surface area contributed by atoms with E-state index in [0.717, 1.165) is 25.4 Å². The van der Waals surface area contributed by atoms with Crippen LogP contribution in [0.15, 0.2) is 0 Å². The van der Waals surface area contributed by atoms with Crippen molar-refractivity contribution in [2.24, 2.45) is 5.92 Å². The van der Waals surface area contributed by atoms with E-state index in [1.807, 2.05) is 0 Å². The van der Waals surface area contributed by atoms with Crippen LogP contribution in [0, 0.1) is 5.92 Å². The van der Waals surface area contributed by atoms with Gasteiger partial charge in [-0.15, -0.1) is 0 Å². The highest BCUT2D eigenvalue weighted by Crippen LogP contribution is 2.27. The van der Waals surface area contributed by atoms with Crippen LogP contribution in [-0.2, 0) is 4.79 Å². The molecule has 1 heterocycles. The van der Waals surface area contributed by atoms with Crippen LogP contribution in [0.4, 0.5) is 0 Å². The molecule has 3 heteroatoms. The molecule has 13 heavy (non-hydrogen) atoms. The first-order chi connectivity index (χ1) is 6.34. The molecule has 0 aromatic carbocycles. The van der Waals surface area contributed by atoms with E-state index in [9.17, 15) is 4.79 Å². The summed E-state index contributed by atoms with van der Waals surface area (Å²) >= 11 is 0. The molecule has 1 unspecified atom stereocenters. The number of rotatable bonds is 4. The Morgan fingerprint density at radius 3 is 2.85 bits per heavy atom. The summed E-state index contributed by atoms with van der Waals surface area (Å²) in [6, 6.07) is 0.444. The van der Waals surface area contributed by atoms with Crippen molar-refractivity contribution in [3.8, 4) is 0 Å². The summed E-state index contributed by atoms with van der Waals surface area (Å²) in [5, 5.41) is 6.32. The fourth-order valence-electron chi connectivity index (χ4n) is 1.81. The Balaban J connectivity index is 1.59. The second kappa shape index (κ2) is 4.09. The van der Waals surface area contributed by atoms with E-state index in [1.54, 1.807) is 0 Å². The van der Waals surface area contributed by atoms with Crippen LogP contribution in [0.5, 0.6) is 0 Å². The van der Waals surface area contributed by atoms with Crippen molar-refractivity contribution < 1.29 is 4.79 Å². The molecule has 1 atom stereocenters. The third-order valence-corrected chi connectivity index (χ3v) is 2.88. The first kappa shape index (κ1) is 9.00. The molecule has 0 spiro atoms. The molecule has 1 aliphatic heterocycles.